The van der Waals surface area contributed by atoms with Crippen molar-refractivity contribution < 1.29 is 4.74 Å². The first-order chi connectivity index (χ1) is 8.88. The Morgan fingerprint density at radius 1 is 1.50 bits per heavy atom. The molecule has 0 amide bonds. The van der Waals surface area contributed by atoms with Gasteiger partial charge in [-0.2, -0.15) is 0 Å². The van der Waals surface area contributed by atoms with Gasteiger partial charge in [0, 0.05) is 32.3 Å². The molecule has 18 heavy (non-hydrogen) atoms. The van der Waals surface area contributed by atoms with Crippen LogP contribution in [0.2, 0.25) is 0 Å². The first-order valence-electron chi connectivity index (χ1n) is 7.21. The van der Waals surface area contributed by atoms with E-state index in [1.54, 1.807) is 0 Å². The zero-order valence-corrected chi connectivity index (χ0v) is 11.4. The van der Waals surface area contributed by atoms with E-state index in [1.165, 1.54) is 25.0 Å². The molecule has 0 aliphatic carbocycles. The van der Waals surface area contributed by atoms with Crippen molar-refractivity contribution in [2.45, 2.75) is 51.7 Å². The summed E-state index contributed by atoms with van der Waals surface area (Å²) in [5.41, 5.74) is 1.19. The van der Waals surface area contributed by atoms with Crippen LogP contribution in [0.1, 0.15) is 38.3 Å². The molecule has 2 heterocycles. The molecule has 1 saturated heterocycles. The average Bonchev–Trinajstić information content (AvgIpc) is 3.03. The standard InChI is InChI=1S/C14H25N3O/c1-2-7-15-8-5-13-11-17(12-16-13)9-6-14-4-3-10-18-14/h11-12,14-15H,2-10H2,1H3. The summed E-state index contributed by atoms with van der Waals surface area (Å²) in [5, 5.41) is 3.40. The number of rotatable bonds is 8. The number of hydrogen-bond donors (Lipinski definition) is 1. The molecule has 1 unspecified atom stereocenters. The molecule has 1 N–H and O–H groups in total. The molecule has 1 aromatic heterocycles. The fraction of sp³-hybridized carbons (Fsp3) is 0.786. The van der Waals surface area contributed by atoms with Gasteiger partial charge in [0.25, 0.3) is 0 Å². The minimum Gasteiger partial charge on any atom is -0.378 e. The van der Waals surface area contributed by atoms with Gasteiger partial charge < -0.3 is 14.6 Å². The molecule has 1 aliphatic rings. The average molecular weight is 251 g/mol. The van der Waals surface area contributed by atoms with Crippen molar-refractivity contribution in [1.82, 2.24) is 14.9 Å². The second-order valence-electron chi connectivity index (χ2n) is 5.03. The second-order valence-corrected chi connectivity index (χ2v) is 5.03. The van der Waals surface area contributed by atoms with E-state index >= 15 is 0 Å². The molecule has 0 radical (unpaired) electrons. The molecular weight excluding hydrogens is 226 g/mol. The molecule has 0 spiro atoms. The lowest BCUT2D eigenvalue weighted by Crippen LogP contribution is -2.17. The van der Waals surface area contributed by atoms with Gasteiger partial charge >= 0.3 is 0 Å². The van der Waals surface area contributed by atoms with Crippen molar-refractivity contribution in [1.29, 1.82) is 0 Å². The first kappa shape index (κ1) is 13.6. The highest BCUT2D eigenvalue weighted by atomic mass is 16.5. The van der Waals surface area contributed by atoms with Crippen molar-refractivity contribution in [2.75, 3.05) is 19.7 Å². The van der Waals surface area contributed by atoms with Crippen molar-refractivity contribution in [2.24, 2.45) is 0 Å². The lowest BCUT2D eigenvalue weighted by Gasteiger charge is -2.08. The normalized spacial score (nSPS) is 19.5. The molecule has 2 rings (SSSR count). The summed E-state index contributed by atoms with van der Waals surface area (Å²) in [4.78, 5) is 4.44. The highest BCUT2D eigenvalue weighted by molar-refractivity contribution is 4.97. The Morgan fingerprint density at radius 3 is 3.22 bits per heavy atom. The third-order valence-electron chi connectivity index (χ3n) is 3.40. The molecule has 1 aliphatic heterocycles. The molecule has 0 bridgehead atoms. The van der Waals surface area contributed by atoms with E-state index in [-0.39, 0.29) is 0 Å². The van der Waals surface area contributed by atoms with E-state index in [0.29, 0.717) is 6.10 Å². The van der Waals surface area contributed by atoms with Gasteiger partial charge in [0.05, 0.1) is 18.1 Å². The second kappa shape index (κ2) is 7.54. The van der Waals surface area contributed by atoms with Crippen LogP contribution in [0.3, 0.4) is 0 Å². The molecular formula is C14H25N3O. The van der Waals surface area contributed by atoms with Crippen molar-refractivity contribution in [3.05, 3.63) is 18.2 Å². The van der Waals surface area contributed by atoms with Crippen molar-refractivity contribution >= 4 is 0 Å². The number of aryl methyl sites for hydroxylation is 1. The highest BCUT2D eigenvalue weighted by Gasteiger charge is 2.14. The van der Waals surface area contributed by atoms with Crippen molar-refractivity contribution in [3.63, 3.8) is 0 Å². The van der Waals surface area contributed by atoms with Crippen LogP contribution >= 0.6 is 0 Å². The summed E-state index contributed by atoms with van der Waals surface area (Å²) in [7, 11) is 0. The predicted octanol–water partition coefficient (Wildman–Crippen LogP) is 1.99. The Kier molecular flexibility index (Phi) is 5.68. The fourth-order valence-corrected chi connectivity index (χ4v) is 2.34. The van der Waals surface area contributed by atoms with E-state index in [4.69, 9.17) is 4.74 Å². The van der Waals surface area contributed by atoms with Crippen LogP contribution in [0.5, 0.6) is 0 Å². The van der Waals surface area contributed by atoms with E-state index in [9.17, 15) is 0 Å². The smallest absolute Gasteiger partial charge is 0.0949 e. The Bertz CT molecular complexity index is 332. The van der Waals surface area contributed by atoms with Crippen molar-refractivity contribution in [3.8, 4) is 0 Å². The summed E-state index contributed by atoms with van der Waals surface area (Å²) in [6, 6.07) is 0. The van der Waals surface area contributed by atoms with E-state index < -0.39 is 0 Å². The Labute approximate surface area is 110 Å². The van der Waals surface area contributed by atoms with E-state index in [2.05, 4.69) is 28.0 Å². The van der Waals surface area contributed by atoms with Gasteiger partial charge in [0.15, 0.2) is 0 Å². The Morgan fingerprint density at radius 2 is 2.44 bits per heavy atom. The van der Waals surface area contributed by atoms with Crippen LogP contribution in [0, 0.1) is 0 Å². The quantitative estimate of drug-likeness (QED) is 0.718. The zero-order chi connectivity index (χ0) is 12.6. The monoisotopic (exact) mass is 251 g/mol. The largest absolute Gasteiger partial charge is 0.378 e. The summed E-state index contributed by atoms with van der Waals surface area (Å²) < 4.78 is 7.82. The number of aromatic nitrogens is 2. The third kappa shape index (κ3) is 4.42. The topological polar surface area (TPSA) is 39.1 Å². The summed E-state index contributed by atoms with van der Waals surface area (Å²) in [5.74, 6) is 0. The number of nitrogens with zero attached hydrogens (tertiary/aromatic N) is 2. The van der Waals surface area contributed by atoms with Gasteiger partial charge in [-0.3, -0.25) is 0 Å². The SMILES string of the molecule is CCCNCCc1cn(CCC2CCCO2)cn1. The number of imidazole rings is 1. The van der Waals surface area contributed by atoms with E-state index in [0.717, 1.165) is 39.1 Å². The maximum atomic E-state index is 5.63. The number of hydrogen-bond acceptors (Lipinski definition) is 3. The first-order valence-corrected chi connectivity index (χ1v) is 7.21. The molecule has 4 nitrogen and oxygen atoms in total. The van der Waals surface area contributed by atoms with Gasteiger partial charge in [-0.1, -0.05) is 6.92 Å². The third-order valence-corrected chi connectivity index (χ3v) is 3.40. The molecule has 1 aromatic rings. The lowest BCUT2D eigenvalue weighted by atomic mass is 10.2. The lowest BCUT2D eigenvalue weighted by molar-refractivity contribution is 0.100. The molecule has 1 fully saturated rings. The van der Waals surface area contributed by atoms with Crippen LogP contribution in [-0.4, -0.2) is 35.4 Å². The van der Waals surface area contributed by atoms with Crippen LogP contribution in [0.15, 0.2) is 12.5 Å². The van der Waals surface area contributed by atoms with Gasteiger partial charge in [0.1, 0.15) is 0 Å². The zero-order valence-electron chi connectivity index (χ0n) is 11.4. The van der Waals surface area contributed by atoms with E-state index in [1.807, 2.05) is 6.33 Å². The molecule has 4 heteroatoms. The number of ether oxygens (including phenoxy) is 1. The van der Waals surface area contributed by atoms with Gasteiger partial charge in [-0.05, 0) is 32.2 Å². The minimum atomic E-state index is 0.474. The van der Waals surface area contributed by atoms with Gasteiger partial charge in [0.2, 0.25) is 0 Å². The minimum absolute atomic E-state index is 0.474. The molecule has 0 aromatic carbocycles. The van der Waals surface area contributed by atoms with Crippen LogP contribution in [0.4, 0.5) is 0 Å². The molecule has 1 atom stereocenters. The molecule has 0 saturated carbocycles. The number of nitrogens with one attached hydrogen (secondary N) is 1. The maximum Gasteiger partial charge on any atom is 0.0949 e. The Balaban J connectivity index is 1.65. The van der Waals surface area contributed by atoms with Crippen LogP contribution in [0.25, 0.3) is 0 Å². The summed E-state index contributed by atoms with van der Waals surface area (Å²) >= 11 is 0. The summed E-state index contributed by atoms with van der Waals surface area (Å²) in [6.07, 6.45) is 10.4. The maximum absolute atomic E-state index is 5.63. The Hall–Kier alpha value is -0.870. The fourth-order valence-electron chi connectivity index (χ4n) is 2.34. The van der Waals surface area contributed by atoms with Crippen LogP contribution in [-0.2, 0) is 17.7 Å². The predicted molar refractivity (Wildman–Crippen MR) is 72.7 cm³/mol. The van der Waals surface area contributed by atoms with Crippen LogP contribution < -0.4 is 5.32 Å². The van der Waals surface area contributed by atoms with Gasteiger partial charge in [-0.15, -0.1) is 0 Å². The summed E-state index contributed by atoms with van der Waals surface area (Å²) in [6.45, 7) is 6.28. The van der Waals surface area contributed by atoms with Gasteiger partial charge in [-0.25, -0.2) is 4.98 Å². The highest BCUT2D eigenvalue weighted by Crippen LogP contribution is 2.16. The molecule has 102 valence electrons.